The van der Waals surface area contributed by atoms with Gasteiger partial charge in [0.25, 0.3) is 5.91 Å². The highest BCUT2D eigenvalue weighted by atomic mass is 79.9. The van der Waals surface area contributed by atoms with Crippen molar-refractivity contribution in [3.05, 3.63) is 63.9 Å². The van der Waals surface area contributed by atoms with Gasteiger partial charge in [0, 0.05) is 19.9 Å². The number of benzene rings is 2. The summed E-state index contributed by atoms with van der Waals surface area (Å²) in [6.07, 6.45) is 0. The molecular formula is C17H13BrN2O2S. The maximum absolute atomic E-state index is 12.2. The van der Waals surface area contributed by atoms with Gasteiger partial charge in [-0.2, -0.15) is 0 Å². The number of amides is 2. The summed E-state index contributed by atoms with van der Waals surface area (Å²) in [6, 6.07) is 15.0. The Kier molecular flexibility index (Phi) is 4.73. The Bertz CT molecular complexity index is 876. The molecule has 0 aliphatic rings. The fraction of sp³-hybridized carbons (Fsp3) is 0.0588. The summed E-state index contributed by atoms with van der Waals surface area (Å²) in [6.45, 7) is -0.0790. The fourth-order valence-electron chi connectivity index (χ4n) is 2.17. The summed E-state index contributed by atoms with van der Waals surface area (Å²) in [5.74, 6) is -0.519. The monoisotopic (exact) mass is 388 g/mol. The second kappa shape index (κ2) is 6.93. The van der Waals surface area contributed by atoms with Crippen molar-refractivity contribution >= 4 is 54.9 Å². The van der Waals surface area contributed by atoms with Gasteiger partial charge in [-0.3, -0.25) is 9.59 Å². The number of rotatable bonds is 4. The molecule has 3 aromatic rings. The maximum atomic E-state index is 12.2. The smallest absolute Gasteiger partial charge is 0.253 e. The second-order valence-electron chi connectivity index (χ2n) is 4.86. The minimum absolute atomic E-state index is 0.0790. The van der Waals surface area contributed by atoms with Crippen LogP contribution in [0.15, 0.2) is 58.4 Å². The summed E-state index contributed by atoms with van der Waals surface area (Å²) in [4.78, 5) is 24.2. The van der Waals surface area contributed by atoms with Crippen LogP contribution in [0.5, 0.6) is 0 Å². The predicted octanol–water partition coefficient (Wildman–Crippen LogP) is 4.03. The molecule has 116 valence electrons. The number of carbonyl (C=O) groups excluding carboxylic acids is 2. The fourth-order valence-corrected chi connectivity index (χ4v) is 3.49. The summed E-state index contributed by atoms with van der Waals surface area (Å²) in [7, 11) is 0. The third-order valence-corrected chi connectivity index (χ3v) is 4.94. The summed E-state index contributed by atoms with van der Waals surface area (Å²) in [5.41, 5.74) is 1.27. The molecule has 1 heterocycles. The van der Waals surface area contributed by atoms with Gasteiger partial charge in [-0.1, -0.05) is 30.3 Å². The van der Waals surface area contributed by atoms with Crippen molar-refractivity contribution in [1.82, 2.24) is 5.32 Å². The van der Waals surface area contributed by atoms with E-state index in [2.05, 4.69) is 26.6 Å². The van der Waals surface area contributed by atoms with Gasteiger partial charge in [-0.05, 0) is 34.1 Å². The van der Waals surface area contributed by atoms with E-state index in [9.17, 15) is 9.59 Å². The molecule has 0 aliphatic heterocycles. The lowest BCUT2D eigenvalue weighted by Crippen LogP contribution is -2.32. The highest BCUT2D eigenvalue weighted by molar-refractivity contribution is 9.10. The van der Waals surface area contributed by atoms with Gasteiger partial charge in [-0.15, -0.1) is 11.3 Å². The molecule has 0 unspecified atom stereocenters. The zero-order valence-corrected chi connectivity index (χ0v) is 14.4. The van der Waals surface area contributed by atoms with Crippen LogP contribution in [0.2, 0.25) is 0 Å². The summed E-state index contributed by atoms with van der Waals surface area (Å²) < 4.78 is 1.85. The number of carbonyl (C=O) groups is 2. The van der Waals surface area contributed by atoms with Gasteiger partial charge in [0.15, 0.2) is 0 Å². The molecule has 23 heavy (non-hydrogen) atoms. The first-order valence-electron chi connectivity index (χ1n) is 6.94. The molecule has 0 fully saturated rings. The van der Waals surface area contributed by atoms with Gasteiger partial charge in [0.2, 0.25) is 5.91 Å². The van der Waals surface area contributed by atoms with Crippen molar-refractivity contribution in [1.29, 1.82) is 0 Å². The minimum atomic E-state index is -0.273. The minimum Gasteiger partial charge on any atom is -0.343 e. The molecule has 0 atom stereocenters. The topological polar surface area (TPSA) is 58.2 Å². The van der Waals surface area contributed by atoms with Gasteiger partial charge in [0.1, 0.15) is 0 Å². The predicted molar refractivity (Wildman–Crippen MR) is 96.9 cm³/mol. The van der Waals surface area contributed by atoms with Gasteiger partial charge >= 0.3 is 0 Å². The maximum Gasteiger partial charge on any atom is 0.253 e. The van der Waals surface area contributed by atoms with Gasteiger partial charge in [0.05, 0.1) is 17.8 Å². The number of anilines is 1. The van der Waals surface area contributed by atoms with Crippen LogP contribution in [0.4, 0.5) is 5.69 Å². The quantitative estimate of drug-likeness (QED) is 0.708. The van der Waals surface area contributed by atoms with E-state index in [0.29, 0.717) is 11.3 Å². The van der Waals surface area contributed by atoms with Crippen LogP contribution < -0.4 is 10.6 Å². The van der Waals surface area contributed by atoms with Crippen LogP contribution >= 0.6 is 27.3 Å². The van der Waals surface area contributed by atoms with Crippen LogP contribution in [0, 0.1) is 0 Å². The van der Waals surface area contributed by atoms with Crippen molar-refractivity contribution < 1.29 is 9.59 Å². The Morgan fingerprint density at radius 2 is 1.78 bits per heavy atom. The first-order valence-corrected chi connectivity index (χ1v) is 8.61. The van der Waals surface area contributed by atoms with Crippen LogP contribution in [0.1, 0.15) is 10.4 Å². The molecule has 0 radical (unpaired) electrons. The van der Waals surface area contributed by atoms with Gasteiger partial charge in [-0.25, -0.2) is 0 Å². The van der Waals surface area contributed by atoms with Crippen molar-refractivity contribution in [3.8, 4) is 0 Å². The summed E-state index contributed by atoms with van der Waals surface area (Å²) >= 11 is 4.88. The van der Waals surface area contributed by atoms with Crippen molar-refractivity contribution in [2.75, 3.05) is 11.9 Å². The molecular weight excluding hydrogens is 376 g/mol. The first kappa shape index (κ1) is 15.7. The second-order valence-corrected chi connectivity index (χ2v) is 6.62. The van der Waals surface area contributed by atoms with E-state index in [-0.39, 0.29) is 18.4 Å². The summed E-state index contributed by atoms with van der Waals surface area (Å²) in [5, 5.41) is 8.12. The van der Waals surface area contributed by atoms with E-state index in [1.807, 2.05) is 47.8 Å². The lowest BCUT2D eigenvalue weighted by atomic mass is 10.1. The SMILES string of the molecule is O=C(CNC(=O)c1csc2ccccc12)Nc1ccccc1Br. The average molecular weight is 389 g/mol. The first-order chi connectivity index (χ1) is 11.1. The zero-order valence-electron chi connectivity index (χ0n) is 12.0. The van der Waals surface area contributed by atoms with Crippen LogP contribution in [0.3, 0.4) is 0 Å². The van der Waals surface area contributed by atoms with E-state index in [4.69, 9.17) is 0 Å². The standard InChI is InChI=1S/C17H13BrN2O2S/c18-13-6-2-3-7-14(13)20-16(21)9-19-17(22)12-10-23-15-8-4-1-5-11(12)15/h1-8,10H,9H2,(H,19,22)(H,20,21). The lowest BCUT2D eigenvalue weighted by Gasteiger charge is -2.08. The molecule has 3 rings (SSSR count). The number of hydrogen-bond donors (Lipinski definition) is 2. The van der Waals surface area contributed by atoms with E-state index < -0.39 is 0 Å². The van der Waals surface area contributed by atoms with Gasteiger partial charge < -0.3 is 10.6 Å². The molecule has 2 amide bonds. The molecule has 0 saturated heterocycles. The normalized spacial score (nSPS) is 10.5. The molecule has 4 nitrogen and oxygen atoms in total. The lowest BCUT2D eigenvalue weighted by molar-refractivity contribution is -0.115. The Morgan fingerprint density at radius 1 is 1.04 bits per heavy atom. The Labute approximate surface area is 145 Å². The highest BCUT2D eigenvalue weighted by Gasteiger charge is 2.13. The van der Waals surface area contributed by atoms with Crippen LogP contribution in [-0.4, -0.2) is 18.4 Å². The number of halogens is 1. The van der Waals surface area contributed by atoms with Crippen molar-refractivity contribution in [2.24, 2.45) is 0 Å². The Morgan fingerprint density at radius 3 is 2.61 bits per heavy atom. The highest BCUT2D eigenvalue weighted by Crippen LogP contribution is 2.25. The Balaban J connectivity index is 1.63. The third-order valence-electron chi connectivity index (χ3n) is 3.28. The molecule has 0 bridgehead atoms. The molecule has 1 aromatic heterocycles. The van der Waals surface area contributed by atoms with Crippen molar-refractivity contribution in [2.45, 2.75) is 0 Å². The zero-order chi connectivity index (χ0) is 16.2. The largest absolute Gasteiger partial charge is 0.343 e. The van der Waals surface area contributed by atoms with E-state index in [1.165, 1.54) is 11.3 Å². The van der Waals surface area contributed by atoms with Crippen LogP contribution in [0.25, 0.3) is 10.1 Å². The van der Waals surface area contributed by atoms with E-state index in [1.54, 1.807) is 6.07 Å². The van der Waals surface area contributed by atoms with E-state index in [0.717, 1.165) is 14.6 Å². The molecule has 2 aromatic carbocycles. The molecule has 0 aliphatic carbocycles. The molecule has 6 heteroatoms. The third kappa shape index (κ3) is 3.60. The number of thiophene rings is 1. The Hall–Kier alpha value is -2.18. The number of hydrogen-bond acceptors (Lipinski definition) is 3. The van der Waals surface area contributed by atoms with E-state index >= 15 is 0 Å². The number of fused-ring (bicyclic) bond motifs is 1. The number of para-hydroxylation sites is 1. The average Bonchev–Trinajstić information content (AvgIpc) is 2.99. The number of nitrogens with one attached hydrogen (secondary N) is 2. The van der Waals surface area contributed by atoms with Crippen molar-refractivity contribution in [3.63, 3.8) is 0 Å². The molecule has 0 saturated carbocycles. The van der Waals surface area contributed by atoms with Crippen LogP contribution in [-0.2, 0) is 4.79 Å². The molecule has 0 spiro atoms. The molecule has 2 N–H and O–H groups in total.